The van der Waals surface area contributed by atoms with Crippen LogP contribution in [0.2, 0.25) is 0 Å². The first-order valence-corrected chi connectivity index (χ1v) is 33.1. The van der Waals surface area contributed by atoms with E-state index in [1.807, 2.05) is 0 Å². The molecule has 0 saturated heterocycles. The smallest absolute Gasteiger partial charge is 0.306 e. The number of rotatable bonds is 61. The van der Waals surface area contributed by atoms with E-state index in [2.05, 4.69) is 69.4 Å². The first-order chi connectivity index (χ1) is 37.0. The second-order valence-electron chi connectivity index (χ2n) is 22.4. The fourth-order valence-corrected chi connectivity index (χ4v) is 9.80. The molecule has 0 amide bonds. The summed E-state index contributed by atoms with van der Waals surface area (Å²) in [7, 11) is 0. The van der Waals surface area contributed by atoms with Crippen molar-refractivity contribution in [3.8, 4) is 0 Å². The third-order valence-electron chi connectivity index (χ3n) is 14.8. The zero-order valence-electron chi connectivity index (χ0n) is 50.3. The summed E-state index contributed by atoms with van der Waals surface area (Å²) in [6.07, 6.45) is 79.7. The molecular weight excluding hydrogens is 925 g/mol. The van der Waals surface area contributed by atoms with E-state index >= 15 is 0 Å². The second-order valence-corrected chi connectivity index (χ2v) is 22.4. The van der Waals surface area contributed by atoms with Crippen molar-refractivity contribution in [3.63, 3.8) is 0 Å². The van der Waals surface area contributed by atoms with Gasteiger partial charge in [-0.1, -0.05) is 301 Å². The summed E-state index contributed by atoms with van der Waals surface area (Å²) in [5.74, 6) is -0.860. The Morgan fingerprint density at radius 2 is 0.480 bits per heavy atom. The van der Waals surface area contributed by atoms with E-state index in [0.29, 0.717) is 19.3 Å². The molecule has 0 aliphatic carbocycles. The summed E-state index contributed by atoms with van der Waals surface area (Å²) in [6, 6.07) is 0. The van der Waals surface area contributed by atoms with Crippen molar-refractivity contribution in [2.45, 2.75) is 361 Å². The third kappa shape index (κ3) is 62.1. The van der Waals surface area contributed by atoms with Gasteiger partial charge in [0, 0.05) is 19.3 Å². The average molecular weight is 1050 g/mol. The number of ether oxygens (including phenoxy) is 3. The van der Waals surface area contributed by atoms with Crippen LogP contribution in [0, 0.1) is 0 Å². The molecule has 75 heavy (non-hydrogen) atoms. The van der Waals surface area contributed by atoms with Gasteiger partial charge in [0.05, 0.1) is 0 Å². The van der Waals surface area contributed by atoms with Gasteiger partial charge < -0.3 is 14.2 Å². The molecule has 6 heteroatoms. The average Bonchev–Trinajstić information content (AvgIpc) is 3.41. The zero-order chi connectivity index (χ0) is 54.3. The van der Waals surface area contributed by atoms with Crippen LogP contribution in [0.4, 0.5) is 0 Å². The first-order valence-electron chi connectivity index (χ1n) is 33.1. The molecule has 0 aliphatic heterocycles. The van der Waals surface area contributed by atoms with Gasteiger partial charge in [-0.2, -0.15) is 0 Å². The quantitative estimate of drug-likeness (QED) is 0.0261. The Hall–Kier alpha value is -2.63. The Balaban J connectivity index is 4.33. The Kier molecular flexibility index (Phi) is 61.7. The highest BCUT2D eigenvalue weighted by molar-refractivity contribution is 5.71. The Morgan fingerprint density at radius 3 is 0.747 bits per heavy atom. The van der Waals surface area contributed by atoms with Crippen LogP contribution in [-0.4, -0.2) is 37.2 Å². The SMILES string of the molecule is CCCCCC/C=C\C/C=C\CCCCCCCCCC(=O)OC(COC(=O)CCCCCCCCCCCCC/C=C\C/C=C\CCCCCCC)COC(=O)CCCCCCCCCCCCCCCCCC. The number of carbonyl (C=O) groups excluding carboxylic acids is 3. The molecule has 0 spiro atoms. The molecule has 0 heterocycles. The Morgan fingerprint density at radius 1 is 0.267 bits per heavy atom. The third-order valence-corrected chi connectivity index (χ3v) is 14.8. The van der Waals surface area contributed by atoms with Crippen LogP contribution in [0.25, 0.3) is 0 Å². The molecule has 0 rings (SSSR count). The molecule has 6 nitrogen and oxygen atoms in total. The van der Waals surface area contributed by atoms with E-state index in [4.69, 9.17) is 14.2 Å². The van der Waals surface area contributed by atoms with Crippen LogP contribution < -0.4 is 0 Å². The van der Waals surface area contributed by atoms with Gasteiger partial charge in [-0.05, 0) is 83.5 Å². The fraction of sp³-hybridized carbons (Fsp3) is 0.841. The van der Waals surface area contributed by atoms with Gasteiger partial charge >= 0.3 is 17.9 Å². The van der Waals surface area contributed by atoms with E-state index in [1.54, 1.807) is 0 Å². The number of unbranched alkanes of at least 4 members (excludes halogenated alkanes) is 42. The highest BCUT2D eigenvalue weighted by Crippen LogP contribution is 2.17. The predicted molar refractivity (Wildman–Crippen MR) is 325 cm³/mol. The molecule has 0 N–H and O–H groups in total. The van der Waals surface area contributed by atoms with Crippen LogP contribution in [0.1, 0.15) is 355 Å². The van der Waals surface area contributed by atoms with Gasteiger partial charge in [0.25, 0.3) is 0 Å². The van der Waals surface area contributed by atoms with Crippen LogP contribution in [-0.2, 0) is 28.6 Å². The molecule has 0 fully saturated rings. The van der Waals surface area contributed by atoms with Gasteiger partial charge in [-0.3, -0.25) is 14.4 Å². The van der Waals surface area contributed by atoms with Crippen LogP contribution in [0.3, 0.4) is 0 Å². The number of hydrogen-bond acceptors (Lipinski definition) is 6. The maximum absolute atomic E-state index is 12.9. The molecule has 0 radical (unpaired) electrons. The van der Waals surface area contributed by atoms with E-state index in [-0.39, 0.29) is 31.1 Å². The Labute approximate surface area is 467 Å². The molecule has 0 aromatic heterocycles. The summed E-state index contributed by atoms with van der Waals surface area (Å²) in [5, 5.41) is 0. The number of allylic oxidation sites excluding steroid dienone is 8. The van der Waals surface area contributed by atoms with Gasteiger partial charge in [-0.25, -0.2) is 0 Å². The maximum Gasteiger partial charge on any atom is 0.306 e. The summed E-state index contributed by atoms with van der Waals surface area (Å²) in [5.41, 5.74) is 0. The lowest BCUT2D eigenvalue weighted by Crippen LogP contribution is -2.30. The number of hydrogen-bond donors (Lipinski definition) is 0. The van der Waals surface area contributed by atoms with Crippen molar-refractivity contribution in [2.24, 2.45) is 0 Å². The van der Waals surface area contributed by atoms with Crippen molar-refractivity contribution >= 4 is 17.9 Å². The highest BCUT2D eigenvalue weighted by atomic mass is 16.6. The second kappa shape index (κ2) is 63.9. The molecule has 0 saturated carbocycles. The molecule has 438 valence electrons. The summed E-state index contributed by atoms with van der Waals surface area (Å²) < 4.78 is 17.0. The molecule has 0 aliphatic rings. The summed E-state index contributed by atoms with van der Waals surface area (Å²) in [6.45, 7) is 6.66. The molecule has 0 bridgehead atoms. The minimum Gasteiger partial charge on any atom is -0.462 e. The lowest BCUT2D eigenvalue weighted by molar-refractivity contribution is -0.167. The van der Waals surface area contributed by atoms with Crippen LogP contribution in [0.5, 0.6) is 0 Å². The molecule has 1 unspecified atom stereocenters. The lowest BCUT2D eigenvalue weighted by Gasteiger charge is -2.18. The summed E-state index contributed by atoms with van der Waals surface area (Å²) in [4.78, 5) is 38.4. The number of carbonyl (C=O) groups is 3. The number of esters is 3. The first kappa shape index (κ1) is 72.4. The van der Waals surface area contributed by atoms with Crippen molar-refractivity contribution in [3.05, 3.63) is 48.6 Å². The molecule has 0 aromatic rings. The van der Waals surface area contributed by atoms with Crippen molar-refractivity contribution < 1.29 is 28.6 Å². The van der Waals surface area contributed by atoms with Crippen molar-refractivity contribution in [1.29, 1.82) is 0 Å². The fourth-order valence-electron chi connectivity index (χ4n) is 9.80. The van der Waals surface area contributed by atoms with Crippen LogP contribution in [0.15, 0.2) is 48.6 Å². The highest BCUT2D eigenvalue weighted by Gasteiger charge is 2.19. The maximum atomic E-state index is 12.9. The molecule has 0 aromatic carbocycles. The van der Waals surface area contributed by atoms with Gasteiger partial charge in [0.15, 0.2) is 6.10 Å². The molecule has 1 atom stereocenters. The van der Waals surface area contributed by atoms with Crippen molar-refractivity contribution in [2.75, 3.05) is 13.2 Å². The van der Waals surface area contributed by atoms with Gasteiger partial charge in [0.2, 0.25) is 0 Å². The molecular formula is C69H126O6. The van der Waals surface area contributed by atoms with Crippen LogP contribution >= 0.6 is 0 Å². The minimum absolute atomic E-state index is 0.0729. The summed E-state index contributed by atoms with van der Waals surface area (Å²) >= 11 is 0. The standard InChI is InChI=1S/C69H126O6/c1-4-7-10-13-16-19-22-25-28-31-33-34-35-36-37-39-41-44-47-50-53-56-59-62-68(71)74-65-66(64-73-67(70)61-58-55-52-49-46-43-40-30-27-24-21-18-15-12-9-6-3)75-69(72)63-60-57-54-51-48-45-42-38-32-29-26-23-20-17-14-11-8-5-2/h20,22-23,25,29,31-33,66H,4-19,21,24,26-28,30,34-65H2,1-3H3/b23-20-,25-22-,32-29-,33-31-. The minimum atomic E-state index is -0.777. The predicted octanol–water partition coefficient (Wildman–Crippen LogP) is 22.6. The largest absolute Gasteiger partial charge is 0.462 e. The van der Waals surface area contributed by atoms with Gasteiger partial charge in [-0.15, -0.1) is 0 Å². The van der Waals surface area contributed by atoms with E-state index in [0.717, 1.165) is 77.0 Å². The Bertz CT molecular complexity index is 1300. The van der Waals surface area contributed by atoms with E-state index in [9.17, 15) is 14.4 Å². The topological polar surface area (TPSA) is 78.9 Å². The van der Waals surface area contributed by atoms with Gasteiger partial charge in [0.1, 0.15) is 13.2 Å². The van der Waals surface area contributed by atoms with E-state index < -0.39 is 6.10 Å². The lowest BCUT2D eigenvalue weighted by atomic mass is 10.0. The normalized spacial score (nSPS) is 12.3. The van der Waals surface area contributed by atoms with E-state index in [1.165, 1.54) is 238 Å². The van der Waals surface area contributed by atoms with Crippen molar-refractivity contribution in [1.82, 2.24) is 0 Å². The monoisotopic (exact) mass is 1050 g/mol. The zero-order valence-corrected chi connectivity index (χ0v) is 50.3.